The van der Waals surface area contributed by atoms with Crippen molar-refractivity contribution in [2.45, 2.75) is 45.3 Å². The molecule has 1 saturated heterocycles. The van der Waals surface area contributed by atoms with Crippen molar-refractivity contribution in [3.63, 3.8) is 0 Å². The third-order valence-electron chi connectivity index (χ3n) is 4.19. The van der Waals surface area contributed by atoms with Gasteiger partial charge in [0.15, 0.2) is 0 Å². The summed E-state index contributed by atoms with van der Waals surface area (Å²) in [7, 11) is 2.05. The summed E-state index contributed by atoms with van der Waals surface area (Å²) in [4.78, 5) is 16.7. The molecule has 1 aliphatic heterocycles. The number of carbonyl (C=O) groups is 1. The number of fused-ring (bicyclic) bond motifs is 1. The number of nitrogens with zero attached hydrogens (tertiary/aromatic N) is 2. The summed E-state index contributed by atoms with van der Waals surface area (Å²) in [5.41, 5.74) is 3.17. The van der Waals surface area contributed by atoms with Gasteiger partial charge >= 0.3 is 0 Å². The number of benzene rings is 1. The maximum Gasteiger partial charge on any atom is 0.249 e. The Morgan fingerprint density at radius 2 is 2.32 bits per heavy atom. The second-order valence-electron chi connectivity index (χ2n) is 6.23. The van der Waals surface area contributed by atoms with E-state index < -0.39 is 0 Å². The van der Waals surface area contributed by atoms with Crippen LogP contribution in [0.4, 0.5) is 0 Å². The summed E-state index contributed by atoms with van der Waals surface area (Å²) in [6.07, 6.45) is 1.52. The standard InChI is InChI=1S/C17H23N3O2/c1-11(2)16-19-13-9-12(6-7-14(13)20(16)3)10-18-17(21)15-5-4-8-22-15/h6-7,9,11,15H,4-5,8,10H2,1-3H3,(H,18,21). The Kier molecular flexibility index (Phi) is 4.16. The molecule has 5 nitrogen and oxygen atoms in total. The number of carbonyl (C=O) groups excluding carboxylic acids is 1. The van der Waals surface area contributed by atoms with Crippen LogP contribution in [0.2, 0.25) is 0 Å². The number of imidazole rings is 1. The molecule has 1 aromatic heterocycles. The monoisotopic (exact) mass is 301 g/mol. The highest BCUT2D eigenvalue weighted by Gasteiger charge is 2.23. The maximum absolute atomic E-state index is 12.0. The van der Waals surface area contributed by atoms with Crippen LogP contribution >= 0.6 is 0 Å². The molecule has 2 heterocycles. The van der Waals surface area contributed by atoms with Crippen molar-refractivity contribution in [3.8, 4) is 0 Å². The number of nitrogens with one attached hydrogen (secondary N) is 1. The Labute approximate surface area is 130 Å². The van der Waals surface area contributed by atoms with Crippen LogP contribution in [-0.2, 0) is 23.1 Å². The molecule has 0 bridgehead atoms. The number of hydrogen-bond acceptors (Lipinski definition) is 3. The van der Waals surface area contributed by atoms with Crippen LogP contribution < -0.4 is 5.32 Å². The van der Waals surface area contributed by atoms with Crippen molar-refractivity contribution in [3.05, 3.63) is 29.6 Å². The van der Waals surface area contributed by atoms with Crippen LogP contribution in [0.1, 0.15) is 44.0 Å². The zero-order valence-electron chi connectivity index (χ0n) is 13.4. The van der Waals surface area contributed by atoms with Gasteiger partial charge in [0.25, 0.3) is 0 Å². The first-order valence-corrected chi connectivity index (χ1v) is 7.91. The summed E-state index contributed by atoms with van der Waals surface area (Å²) in [6.45, 7) is 5.49. The lowest BCUT2D eigenvalue weighted by Gasteiger charge is -2.10. The van der Waals surface area contributed by atoms with E-state index in [2.05, 4.69) is 35.9 Å². The van der Waals surface area contributed by atoms with E-state index >= 15 is 0 Å². The second-order valence-corrected chi connectivity index (χ2v) is 6.23. The van der Waals surface area contributed by atoms with E-state index in [4.69, 9.17) is 9.72 Å². The lowest BCUT2D eigenvalue weighted by molar-refractivity contribution is -0.130. The summed E-state index contributed by atoms with van der Waals surface area (Å²) in [5, 5.41) is 2.95. The van der Waals surface area contributed by atoms with E-state index in [1.807, 2.05) is 13.1 Å². The van der Waals surface area contributed by atoms with Crippen molar-refractivity contribution in [2.24, 2.45) is 7.05 Å². The number of aromatic nitrogens is 2. The largest absolute Gasteiger partial charge is 0.368 e. The molecule has 0 spiro atoms. The molecule has 1 aromatic carbocycles. The van der Waals surface area contributed by atoms with Crippen LogP contribution in [0.25, 0.3) is 11.0 Å². The molecular formula is C17H23N3O2. The third kappa shape index (κ3) is 2.86. The van der Waals surface area contributed by atoms with Crippen molar-refractivity contribution < 1.29 is 9.53 Å². The Morgan fingerprint density at radius 3 is 3.00 bits per heavy atom. The molecule has 3 rings (SSSR count). The zero-order valence-corrected chi connectivity index (χ0v) is 13.4. The van der Waals surface area contributed by atoms with Gasteiger partial charge in [0.05, 0.1) is 11.0 Å². The first kappa shape index (κ1) is 15.0. The quantitative estimate of drug-likeness (QED) is 0.944. The Morgan fingerprint density at radius 1 is 1.50 bits per heavy atom. The average molecular weight is 301 g/mol. The molecule has 0 saturated carbocycles. The van der Waals surface area contributed by atoms with E-state index in [1.165, 1.54) is 0 Å². The van der Waals surface area contributed by atoms with Gasteiger partial charge in [-0.05, 0) is 30.5 Å². The average Bonchev–Trinajstić information content (AvgIpc) is 3.13. The molecule has 1 atom stereocenters. The van der Waals surface area contributed by atoms with E-state index in [0.717, 1.165) is 35.3 Å². The molecule has 22 heavy (non-hydrogen) atoms. The summed E-state index contributed by atoms with van der Waals surface area (Å²) >= 11 is 0. The fourth-order valence-electron chi connectivity index (χ4n) is 2.98. The van der Waals surface area contributed by atoms with Gasteiger partial charge in [-0.1, -0.05) is 19.9 Å². The number of ether oxygens (including phenoxy) is 1. The number of rotatable bonds is 4. The minimum Gasteiger partial charge on any atom is -0.368 e. The first-order valence-electron chi connectivity index (χ1n) is 7.91. The molecule has 1 aliphatic rings. The van der Waals surface area contributed by atoms with Gasteiger partial charge < -0.3 is 14.6 Å². The fraction of sp³-hybridized carbons (Fsp3) is 0.529. The highest BCUT2D eigenvalue weighted by atomic mass is 16.5. The van der Waals surface area contributed by atoms with E-state index in [0.29, 0.717) is 19.1 Å². The van der Waals surface area contributed by atoms with Gasteiger partial charge in [-0.25, -0.2) is 4.98 Å². The van der Waals surface area contributed by atoms with Crippen molar-refractivity contribution in [1.82, 2.24) is 14.9 Å². The van der Waals surface area contributed by atoms with Gasteiger partial charge in [-0.15, -0.1) is 0 Å². The number of aryl methyl sites for hydroxylation is 1. The Bertz CT molecular complexity index is 685. The molecule has 1 fully saturated rings. The molecule has 1 unspecified atom stereocenters. The van der Waals surface area contributed by atoms with Crippen LogP contribution in [0.3, 0.4) is 0 Å². The molecule has 0 aliphatic carbocycles. The van der Waals surface area contributed by atoms with Gasteiger partial charge in [-0.3, -0.25) is 4.79 Å². The minimum atomic E-state index is -0.272. The van der Waals surface area contributed by atoms with Gasteiger partial charge in [0.1, 0.15) is 11.9 Å². The van der Waals surface area contributed by atoms with E-state index in [-0.39, 0.29) is 12.0 Å². The minimum absolute atomic E-state index is 0.0125. The Hall–Kier alpha value is -1.88. The summed E-state index contributed by atoms with van der Waals surface area (Å²) in [6, 6.07) is 6.17. The van der Waals surface area contributed by atoms with Crippen molar-refractivity contribution in [1.29, 1.82) is 0 Å². The SMILES string of the molecule is CC(C)c1nc2cc(CNC(=O)C3CCCO3)ccc2n1C. The van der Waals surface area contributed by atoms with Crippen molar-refractivity contribution in [2.75, 3.05) is 6.61 Å². The van der Waals surface area contributed by atoms with Gasteiger partial charge in [-0.2, -0.15) is 0 Å². The van der Waals surface area contributed by atoms with Gasteiger partial charge in [0, 0.05) is 26.1 Å². The lowest BCUT2D eigenvalue weighted by atomic mass is 10.2. The van der Waals surface area contributed by atoms with Crippen molar-refractivity contribution >= 4 is 16.9 Å². The molecule has 1 N–H and O–H groups in total. The molecule has 5 heteroatoms. The first-order chi connectivity index (χ1) is 10.6. The predicted molar refractivity (Wildman–Crippen MR) is 85.6 cm³/mol. The summed E-state index contributed by atoms with van der Waals surface area (Å²) in [5.74, 6) is 1.46. The maximum atomic E-state index is 12.0. The second kappa shape index (κ2) is 6.08. The smallest absolute Gasteiger partial charge is 0.249 e. The van der Waals surface area contributed by atoms with Crippen LogP contribution in [0, 0.1) is 0 Å². The highest BCUT2D eigenvalue weighted by molar-refractivity contribution is 5.81. The normalized spacial score (nSPS) is 18.3. The van der Waals surface area contributed by atoms with Gasteiger partial charge in [0.2, 0.25) is 5.91 Å². The zero-order chi connectivity index (χ0) is 15.7. The van der Waals surface area contributed by atoms with E-state index in [1.54, 1.807) is 0 Å². The topological polar surface area (TPSA) is 56.1 Å². The third-order valence-corrected chi connectivity index (χ3v) is 4.19. The molecule has 2 aromatic rings. The van der Waals surface area contributed by atoms with E-state index in [9.17, 15) is 4.79 Å². The Balaban J connectivity index is 1.73. The van der Waals surface area contributed by atoms with Crippen LogP contribution in [0.5, 0.6) is 0 Å². The summed E-state index contributed by atoms with van der Waals surface area (Å²) < 4.78 is 7.52. The molecular weight excluding hydrogens is 278 g/mol. The molecule has 1 amide bonds. The van der Waals surface area contributed by atoms with Crippen LogP contribution in [0.15, 0.2) is 18.2 Å². The predicted octanol–water partition coefficient (Wildman–Crippen LogP) is 2.49. The number of amides is 1. The number of hydrogen-bond donors (Lipinski definition) is 1. The highest BCUT2D eigenvalue weighted by Crippen LogP contribution is 2.21. The fourth-order valence-corrected chi connectivity index (χ4v) is 2.98. The molecule has 0 radical (unpaired) electrons. The molecule has 118 valence electrons. The lowest BCUT2D eigenvalue weighted by Crippen LogP contribution is -2.33. The van der Waals surface area contributed by atoms with Crippen LogP contribution in [-0.4, -0.2) is 28.2 Å².